The van der Waals surface area contributed by atoms with Crippen molar-refractivity contribution in [2.45, 2.75) is 25.8 Å². The second-order valence-corrected chi connectivity index (χ2v) is 6.43. The lowest BCUT2D eigenvalue weighted by molar-refractivity contribution is -0.123. The van der Waals surface area contributed by atoms with Crippen molar-refractivity contribution in [3.8, 4) is 0 Å². The monoisotopic (exact) mass is 367 g/mol. The first kappa shape index (κ1) is 17.0. The van der Waals surface area contributed by atoms with E-state index in [0.717, 1.165) is 23.9 Å². The lowest BCUT2D eigenvalue weighted by Crippen LogP contribution is -2.40. The van der Waals surface area contributed by atoms with Crippen LogP contribution in [0.5, 0.6) is 0 Å². The number of nitrogens with one attached hydrogen (secondary N) is 2. The second-order valence-electron chi connectivity index (χ2n) is 5.52. The topological polar surface area (TPSA) is 61.4 Å². The van der Waals surface area contributed by atoms with Crippen molar-refractivity contribution in [2.75, 3.05) is 26.2 Å². The Kier molecular flexibility index (Phi) is 6.39. The molecule has 2 N–H and O–H groups in total. The molecule has 1 unspecified atom stereocenters. The summed E-state index contributed by atoms with van der Waals surface area (Å²) in [5.41, 5.74) is 1.25. The molecule has 5 nitrogen and oxygen atoms in total. The zero-order chi connectivity index (χ0) is 15.9. The van der Waals surface area contributed by atoms with Crippen LogP contribution in [0.25, 0.3) is 0 Å². The van der Waals surface area contributed by atoms with Crippen LogP contribution in [0.15, 0.2) is 28.7 Å². The van der Waals surface area contributed by atoms with E-state index >= 15 is 0 Å². The summed E-state index contributed by atoms with van der Waals surface area (Å²) in [4.78, 5) is 25.0. The van der Waals surface area contributed by atoms with Crippen molar-refractivity contribution in [2.24, 2.45) is 0 Å². The maximum absolute atomic E-state index is 12.0. The van der Waals surface area contributed by atoms with Crippen LogP contribution in [0.4, 0.5) is 0 Å². The van der Waals surface area contributed by atoms with Gasteiger partial charge in [-0.2, -0.15) is 0 Å². The molecule has 6 heteroatoms. The summed E-state index contributed by atoms with van der Waals surface area (Å²) in [6.07, 6.45) is 2.19. The third-order valence-corrected chi connectivity index (χ3v) is 4.26. The first-order chi connectivity index (χ1) is 10.6. The Morgan fingerprint density at radius 1 is 1.32 bits per heavy atom. The van der Waals surface area contributed by atoms with Gasteiger partial charge in [0, 0.05) is 30.5 Å². The summed E-state index contributed by atoms with van der Waals surface area (Å²) in [6.45, 7) is 3.74. The first-order valence-corrected chi connectivity index (χ1v) is 8.36. The number of benzene rings is 1. The number of carbonyl (C=O) groups is 2. The number of nitrogens with zero attached hydrogens (tertiary/aromatic N) is 1. The third-order valence-electron chi connectivity index (χ3n) is 3.76. The number of carbonyl (C=O) groups excluding carboxylic acids is 2. The number of amides is 2. The Morgan fingerprint density at radius 3 is 2.82 bits per heavy atom. The SMILES string of the molecule is CC(=O)NCCNC(=O)CN1CCCC1c1cccc(Br)c1. The van der Waals surface area contributed by atoms with Gasteiger partial charge in [-0.05, 0) is 37.1 Å². The molecule has 1 fully saturated rings. The van der Waals surface area contributed by atoms with Crippen LogP contribution in [-0.2, 0) is 9.59 Å². The average Bonchev–Trinajstić information content (AvgIpc) is 2.91. The highest BCUT2D eigenvalue weighted by molar-refractivity contribution is 9.10. The first-order valence-electron chi connectivity index (χ1n) is 7.57. The molecular weight excluding hydrogens is 346 g/mol. The van der Waals surface area contributed by atoms with Crippen molar-refractivity contribution >= 4 is 27.7 Å². The van der Waals surface area contributed by atoms with Crippen LogP contribution in [0.3, 0.4) is 0 Å². The lowest BCUT2D eigenvalue weighted by atomic mass is 10.0. The highest BCUT2D eigenvalue weighted by Crippen LogP contribution is 2.32. The van der Waals surface area contributed by atoms with Crippen LogP contribution in [0, 0.1) is 0 Å². The number of hydrogen-bond acceptors (Lipinski definition) is 3. The summed E-state index contributed by atoms with van der Waals surface area (Å²) in [5, 5.41) is 5.51. The Bertz CT molecular complexity index is 536. The summed E-state index contributed by atoms with van der Waals surface area (Å²) in [6, 6.07) is 8.58. The number of likely N-dealkylation sites (tertiary alicyclic amines) is 1. The minimum Gasteiger partial charge on any atom is -0.355 e. The zero-order valence-electron chi connectivity index (χ0n) is 12.8. The fraction of sp³-hybridized carbons (Fsp3) is 0.500. The Morgan fingerprint density at radius 2 is 2.09 bits per heavy atom. The third kappa shape index (κ3) is 5.10. The van der Waals surface area contributed by atoms with Gasteiger partial charge in [-0.3, -0.25) is 14.5 Å². The maximum atomic E-state index is 12.0. The van der Waals surface area contributed by atoms with Crippen molar-refractivity contribution < 1.29 is 9.59 Å². The van der Waals surface area contributed by atoms with Gasteiger partial charge in [-0.1, -0.05) is 28.1 Å². The average molecular weight is 368 g/mol. The molecule has 0 aromatic heterocycles. The van der Waals surface area contributed by atoms with Gasteiger partial charge in [0.15, 0.2) is 0 Å². The van der Waals surface area contributed by atoms with Crippen molar-refractivity contribution in [3.63, 3.8) is 0 Å². The van der Waals surface area contributed by atoms with E-state index < -0.39 is 0 Å². The quantitative estimate of drug-likeness (QED) is 0.754. The molecule has 1 aromatic carbocycles. The molecule has 0 bridgehead atoms. The molecule has 1 aliphatic heterocycles. The lowest BCUT2D eigenvalue weighted by Gasteiger charge is -2.24. The molecule has 0 aliphatic carbocycles. The van der Waals surface area contributed by atoms with Gasteiger partial charge in [0.2, 0.25) is 11.8 Å². The van der Waals surface area contributed by atoms with E-state index in [0.29, 0.717) is 25.7 Å². The van der Waals surface area contributed by atoms with E-state index in [-0.39, 0.29) is 11.8 Å². The molecule has 1 atom stereocenters. The Labute approximate surface area is 139 Å². The Hall–Kier alpha value is -1.40. The minimum absolute atomic E-state index is 0.00671. The molecule has 0 saturated carbocycles. The van der Waals surface area contributed by atoms with Crippen LogP contribution >= 0.6 is 15.9 Å². The van der Waals surface area contributed by atoms with E-state index in [1.54, 1.807) is 0 Å². The molecule has 1 aromatic rings. The second kappa shape index (κ2) is 8.29. The molecule has 0 spiro atoms. The highest BCUT2D eigenvalue weighted by atomic mass is 79.9. The van der Waals surface area contributed by atoms with E-state index in [2.05, 4.69) is 43.6 Å². The molecule has 2 rings (SSSR count). The molecule has 22 heavy (non-hydrogen) atoms. The van der Waals surface area contributed by atoms with Crippen LogP contribution in [0.1, 0.15) is 31.4 Å². The molecule has 1 aliphatic rings. The van der Waals surface area contributed by atoms with Crippen molar-refractivity contribution in [3.05, 3.63) is 34.3 Å². The van der Waals surface area contributed by atoms with E-state index in [4.69, 9.17) is 0 Å². The molecule has 1 saturated heterocycles. The molecule has 1 heterocycles. The Balaban J connectivity index is 1.83. The standard InChI is InChI=1S/C16H22BrN3O2/c1-12(21)18-7-8-19-16(22)11-20-9-3-6-15(20)13-4-2-5-14(17)10-13/h2,4-5,10,15H,3,6-9,11H2,1H3,(H,18,21)(H,19,22). The largest absolute Gasteiger partial charge is 0.355 e. The van der Waals surface area contributed by atoms with Gasteiger partial charge >= 0.3 is 0 Å². The number of rotatable bonds is 6. The van der Waals surface area contributed by atoms with Gasteiger partial charge in [0.25, 0.3) is 0 Å². The van der Waals surface area contributed by atoms with Gasteiger partial charge in [-0.15, -0.1) is 0 Å². The number of halogens is 1. The van der Waals surface area contributed by atoms with Gasteiger partial charge in [0.1, 0.15) is 0 Å². The van der Waals surface area contributed by atoms with E-state index in [9.17, 15) is 9.59 Å². The van der Waals surface area contributed by atoms with Gasteiger partial charge < -0.3 is 10.6 Å². The van der Waals surface area contributed by atoms with E-state index in [1.807, 2.05) is 12.1 Å². The van der Waals surface area contributed by atoms with Crippen molar-refractivity contribution in [1.29, 1.82) is 0 Å². The summed E-state index contributed by atoms with van der Waals surface area (Å²) >= 11 is 3.50. The highest BCUT2D eigenvalue weighted by Gasteiger charge is 2.27. The predicted molar refractivity (Wildman–Crippen MR) is 89.4 cm³/mol. The molecule has 120 valence electrons. The molecule has 0 radical (unpaired) electrons. The summed E-state index contributed by atoms with van der Waals surface area (Å²) in [5.74, 6) is -0.0734. The maximum Gasteiger partial charge on any atom is 0.234 e. The minimum atomic E-state index is -0.0801. The fourth-order valence-corrected chi connectivity index (χ4v) is 3.20. The molecular formula is C16H22BrN3O2. The number of hydrogen-bond donors (Lipinski definition) is 2. The normalized spacial score (nSPS) is 18.2. The smallest absolute Gasteiger partial charge is 0.234 e. The summed E-state index contributed by atoms with van der Waals surface area (Å²) in [7, 11) is 0. The van der Waals surface area contributed by atoms with Gasteiger partial charge in [-0.25, -0.2) is 0 Å². The van der Waals surface area contributed by atoms with Gasteiger partial charge in [0.05, 0.1) is 6.54 Å². The van der Waals surface area contributed by atoms with Crippen molar-refractivity contribution in [1.82, 2.24) is 15.5 Å². The van der Waals surface area contributed by atoms with E-state index in [1.165, 1.54) is 12.5 Å². The van der Waals surface area contributed by atoms with Crippen LogP contribution < -0.4 is 10.6 Å². The molecule has 2 amide bonds. The van der Waals surface area contributed by atoms with Crippen LogP contribution in [0.2, 0.25) is 0 Å². The predicted octanol–water partition coefficient (Wildman–Crippen LogP) is 1.84. The fourth-order valence-electron chi connectivity index (χ4n) is 2.79. The van der Waals surface area contributed by atoms with Crippen LogP contribution in [-0.4, -0.2) is 42.9 Å². The summed E-state index contributed by atoms with van der Waals surface area (Å²) < 4.78 is 1.07. The zero-order valence-corrected chi connectivity index (χ0v) is 14.4.